The molecule has 1 aliphatic rings. The number of para-hydroxylation sites is 1. The van der Waals surface area contributed by atoms with Gasteiger partial charge in [0.25, 0.3) is 0 Å². The minimum atomic E-state index is -0.727. The van der Waals surface area contributed by atoms with Crippen molar-refractivity contribution >= 4 is 23.6 Å². The highest BCUT2D eigenvalue weighted by molar-refractivity contribution is 6.30. The smallest absolute Gasteiger partial charge is 0.337 e. The summed E-state index contributed by atoms with van der Waals surface area (Å²) < 4.78 is 6.69. The highest BCUT2D eigenvalue weighted by Crippen LogP contribution is 2.35. The van der Waals surface area contributed by atoms with Crippen molar-refractivity contribution in [3.05, 3.63) is 82.7 Å². The Morgan fingerprint density at radius 1 is 1.13 bits per heavy atom. The average molecular weight is 423 g/mol. The molecular formula is C22H19ClN4O3. The molecule has 0 radical (unpaired) electrons. The lowest BCUT2D eigenvalue weighted by Crippen LogP contribution is -2.45. The van der Waals surface area contributed by atoms with E-state index >= 15 is 0 Å². The molecule has 1 atom stereocenters. The number of hydrogen-bond donors (Lipinski definition) is 2. The molecule has 152 valence electrons. The Labute approximate surface area is 178 Å². The van der Waals surface area contributed by atoms with Gasteiger partial charge in [0, 0.05) is 28.0 Å². The number of allylic oxidation sites excluding steroid dienone is 1. The van der Waals surface area contributed by atoms with Gasteiger partial charge in [-0.05, 0) is 31.2 Å². The maximum Gasteiger partial charge on any atom is 0.337 e. The van der Waals surface area contributed by atoms with E-state index in [1.165, 1.54) is 7.11 Å². The molecule has 30 heavy (non-hydrogen) atoms. The topological polar surface area (TPSA) is 85.2 Å². The predicted molar refractivity (Wildman–Crippen MR) is 113 cm³/mol. The van der Waals surface area contributed by atoms with Gasteiger partial charge in [-0.2, -0.15) is 5.10 Å². The number of benzene rings is 2. The summed E-state index contributed by atoms with van der Waals surface area (Å²) >= 11 is 6.05. The number of nitrogens with one attached hydrogen (secondary N) is 2. The Morgan fingerprint density at radius 3 is 2.50 bits per heavy atom. The second-order valence-electron chi connectivity index (χ2n) is 6.78. The van der Waals surface area contributed by atoms with E-state index < -0.39 is 18.0 Å². The zero-order valence-corrected chi connectivity index (χ0v) is 17.1. The van der Waals surface area contributed by atoms with Crippen molar-refractivity contribution in [1.29, 1.82) is 0 Å². The van der Waals surface area contributed by atoms with Gasteiger partial charge in [-0.15, -0.1) is 0 Å². The number of halogens is 1. The van der Waals surface area contributed by atoms with Crippen molar-refractivity contribution in [2.24, 2.45) is 0 Å². The molecule has 8 heteroatoms. The number of ether oxygens (including phenoxy) is 1. The van der Waals surface area contributed by atoms with Crippen molar-refractivity contribution in [2.75, 3.05) is 7.11 Å². The van der Waals surface area contributed by atoms with Crippen molar-refractivity contribution < 1.29 is 14.3 Å². The maximum absolute atomic E-state index is 12.5. The van der Waals surface area contributed by atoms with E-state index in [1.54, 1.807) is 23.7 Å². The maximum atomic E-state index is 12.5. The van der Waals surface area contributed by atoms with Crippen molar-refractivity contribution in [1.82, 2.24) is 20.4 Å². The van der Waals surface area contributed by atoms with Crippen LogP contribution >= 0.6 is 11.6 Å². The minimum Gasteiger partial charge on any atom is -0.466 e. The summed E-state index contributed by atoms with van der Waals surface area (Å²) in [6, 6.07) is 15.7. The number of nitrogens with zero attached hydrogens (tertiary/aromatic N) is 2. The van der Waals surface area contributed by atoms with E-state index in [0.717, 1.165) is 11.3 Å². The van der Waals surface area contributed by atoms with Crippen LogP contribution < -0.4 is 10.6 Å². The Balaban J connectivity index is 1.92. The standard InChI is InChI=1S/C22H19ClN4O3/c1-13-18(21(28)30-2)20(25-22(29)24-13)17-12-27(16-6-4-3-5-7-16)26-19(17)14-8-10-15(23)11-9-14/h3-12,20H,1-2H3,(H2,24,25,29). The molecule has 3 aromatic rings. The van der Waals surface area contributed by atoms with Gasteiger partial charge in [0.05, 0.1) is 30.1 Å². The van der Waals surface area contributed by atoms with Gasteiger partial charge in [-0.3, -0.25) is 0 Å². The molecule has 2 amide bonds. The van der Waals surface area contributed by atoms with Gasteiger partial charge in [0.1, 0.15) is 0 Å². The molecule has 7 nitrogen and oxygen atoms in total. The van der Waals surface area contributed by atoms with Crippen LogP contribution in [0, 0.1) is 0 Å². The zero-order chi connectivity index (χ0) is 21.3. The largest absolute Gasteiger partial charge is 0.466 e. The molecule has 0 bridgehead atoms. The lowest BCUT2D eigenvalue weighted by Gasteiger charge is -2.27. The Morgan fingerprint density at radius 2 is 1.83 bits per heavy atom. The van der Waals surface area contributed by atoms with Crippen LogP contribution in [0.1, 0.15) is 18.5 Å². The monoisotopic (exact) mass is 422 g/mol. The highest BCUT2D eigenvalue weighted by Gasteiger charge is 2.35. The normalized spacial score (nSPS) is 16.1. The van der Waals surface area contributed by atoms with Crippen molar-refractivity contribution in [2.45, 2.75) is 13.0 Å². The molecule has 1 unspecified atom stereocenters. The summed E-state index contributed by atoms with van der Waals surface area (Å²) in [5, 5.41) is 10.8. The van der Waals surface area contributed by atoms with Crippen LogP contribution in [-0.4, -0.2) is 28.9 Å². The first kappa shape index (κ1) is 19.7. The number of urea groups is 1. The molecular weight excluding hydrogens is 404 g/mol. The van der Waals surface area contributed by atoms with Gasteiger partial charge in [0.2, 0.25) is 0 Å². The van der Waals surface area contributed by atoms with Crippen LogP contribution in [0.5, 0.6) is 0 Å². The molecule has 0 spiro atoms. The Hall–Kier alpha value is -3.58. The number of methoxy groups -OCH3 is 1. The van der Waals surface area contributed by atoms with E-state index in [-0.39, 0.29) is 0 Å². The quantitative estimate of drug-likeness (QED) is 0.622. The van der Waals surface area contributed by atoms with E-state index in [0.29, 0.717) is 27.6 Å². The van der Waals surface area contributed by atoms with Crippen LogP contribution in [0.15, 0.2) is 72.1 Å². The molecule has 0 fully saturated rings. The summed E-state index contributed by atoms with van der Waals surface area (Å²) in [5.41, 5.74) is 3.69. The SMILES string of the molecule is COC(=O)C1=C(C)NC(=O)NC1c1cn(-c2ccccc2)nc1-c1ccc(Cl)cc1. The third-order valence-corrected chi connectivity index (χ3v) is 5.12. The third-order valence-electron chi connectivity index (χ3n) is 4.87. The summed E-state index contributed by atoms with van der Waals surface area (Å²) in [5.74, 6) is -0.528. The summed E-state index contributed by atoms with van der Waals surface area (Å²) in [4.78, 5) is 24.8. The van der Waals surface area contributed by atoms with Crippen LogP contribution in [0.25, 0.3) is 16.9 Å². The molecule has 2 heterocycles. The zero-order valence-electron chi connectivity index (χ0n) is 16.3. The second kappa shape index (κ2) is 8.04. The van der Waals surface area contributed by atoms with Crippen LogP contribution in [-0.2, 0) is 9.53 Å². The molecule has 0 saturated heterocycles. The van der Waals surface area contributed by atoms with Gasteiger partial charge in [0.15, 0.2) is 0 Å². The summed E-state index contributed by atoms with van der Waals surface area (Å²) in [6.07, 6.45) is 1.81. The van der Waals surface area contributed by atoms with Gasteiger partial charge < -0.3 is 15.4 Å². The van der Waals surface area contributed by atoms with Gasteiger partial charge in [-0.1, -0.05) is 41.9 Å². The van der Waals surface area contributed by atoms with Crippen molar-refractivity contribution in [3.63, 3.8) is 0 Å². The number of hydrogen-bond acceptors (Lipinski definition) is 4. The molecule has 0 saturated carbocycles. The lowest BCUT2D eigenvalue weighted by molar-refractivity contribution is -0.136. The first-order valence-electron chi connectivity index (χ1n) is 9.25. The Bertz CT molecular complexity index is 1140. The van der Waals surface area contributed by atoms with Crippen molar-refractivity contribution in [3.8, 4) is 16.9 Å². The van der Waals surface area contributed by atoms with E-state index in [2.05, 4.69) is 10.6 Å². The average Bonchev–Trinajstić information content (AvgIpc) is 3.19. The molecule has 2 N–H and O–H groups in total. The van der Waals surface area contributed by atoms with Gasteiger partial charge in [-0.25, -0.2) is 14.3 Å². The fraction of sp³-hybridized carbons (Fsp3) is 0.136. The third kappa shape index (κ3) is 3.67. The van der Waals surface area contributed by atoms with E-state index in [9.17, 15) is 9.59 Å². The first-order valence-corrected chi connectivity index (χ1v) is 9.63. The molecule has 1 aliphatic heterocycles. The lowest BCUT2D eigenvalue weighted by atomic mass is 9.94. The summed E-state index contributed by atoms with van der Waals surface area (Å²) in [6.45, 7) is 1.67. The minimum absolute atomic E-state index is 0.319. The molecule has 0 aliphatic carbocycles. The highest BCUT2D eigenvalue weighted by atomic mass is 35.5. The number of amides is 2. The van der Waals surface area contributed by atoms with Crippen LogP contribution in [0.2, 0.25) is 5.02 Å². The van der Waals surface area contributed by atoms with E-state index in [4.69, 9.17) is 21.4 Å². The number of rotatable bonds is 4. The predicted octanol–water partition coefficient (Wildman–Crippen LogP) is 3.99. The second-order valence-corrected chi connectivity index (χ2v) is 7.22. The molecule has 1 aromatic heterocycles. The fourth-order valence-corrected chi connectivity index (χ4v) is 3.58. The van der Waals surface area contributed by atoms with E-state index in [1.807, 2.05) is 48.7 Å². The molecule has 2 aromatic carbocycles. The first-order chi connectivity index (χ1) is 14.5. The molecule has 4 rings (SSSR count). The fourth-order valence-electron chi connectivity index (χ4n) is 3.45. The number of carbonyl (C=O) groups is 2. The summed E-state index contributed by atoms with van der Waals surface area (Å²) in [7, 11) is 1.31. The van der Waals surface area contributed by atoms with Crippen LogP contribution in [0.4, 0.5) is 4.79 Å². The number of esters is 1. The Kier molecular flexibility index (Phi) is 5.29. The number of aromatic nitrogens is 2. The number of carbonyl (C=O) groups excluding carboxylic acids is 2. The van der Waals surface area contributed by atoms with Crippen LogP contribution in [0.3, 0.4) is 0 Å². The van der Waals surface area contributed by atoms with Gasteiger partial charge >= 0.3 is 12.0 Å².